The van der Waals surface area contributed by atoms with Gasteiger partial charge in [0.1, 0.15) is 6.29 Å². The predicted molar refractivity (Wildman–Crippen MR) is 288 cm³/mol. The number of para-hydroxylation sites is 3. The zero-order chi connectivity index (χ0) is 48.1. The molecule has 11 rings (SSSR count). The van der Waals surface area contributed by atoms with Gasteiger partial charge < -0.3 is 24.8 Å². The molecule has 70 heavy (non-hydrogen) atoms. The van der Waals surface area contributed by atoms with Crippen LogP contribution < -0.4 is 20.0 Å². The van der Waals surface area contributed by atoms with E-state index >= 15 is 0 Å². The largest absolute Gasteiger partial charge is 0.317 e. The van der Waals surface area contributed by atoms with Crippen LogP contribution in [0.15, 0.2) is 140 Å². The molecule has 3 fully saturated rings. The van der Waals surface area contributed by atoms with Gasteiger partial charge in [0.05, 0.1) is 18.0 Å². The third-order valence-electron chi connectivity index (χ3n) is 14.6. The molecule has 0 saturated carbocycles. The Morgan fingerprint density at radius 1 is 0.571 bits per heavy atom. The topological polar surface area (TPSA) is 96.5 Å². The number of hydrogen-bond donors (Lipinski definition) is 1. The zero-order valence-corrected chi connectivity index (χ0v) is 40.8. The molecule has 3 amide bonds. The minimum atomic E-state index is 0. The SMILES string of the molecule is C.C/C=C1\C(=O)N(C2CCN(Cc3ccccc3)CC2)c2ccccc21.CC=O.CCC1C(=O)N(C2CCNCC2)c2ccccc21.O=C1Cc2ccccc2N1C1CCN(Cc2ccccc2)CC1.[HH]. The van der Waals surface area contributed by atoms with Crippen LogP contribution in [0.4, 0.5) is 17.1 Å². The molecule has 0 aliphatic carbocycles. The van der Waals surface area contributed by atoms with E-state index in [2.05, 4.69) is 129 Å². The highest BCUT2D eigenvalue weighted by Crippen LogP contribution is 2.42. The molecule has 1 unspecified atom stereocenters. The number of nitrogens with zero attached hydrogens (tertiary/aromatic N) is 5. The monoisotopic (exact) mass is 945 g/mol. The van der Waals surface area contributed by atoms with Gasteiger partial charge in [-0.15, -0.1) is 0 Å². The van der Waals surface area contributed by atoms with Gasteiger partial charge in [-0.05, 0) is 112 Å². The standard InChI is InChI=1S/C22H24N2O.C20H22N2O.C15H20N2O.C2H4O.CH4.H2/c1-2-19-20-10-6-7-11-21(20)24(22(19)25)18-12-14-23(15-13-18)16-17-8-4-3-5-9-17;23-20-14-17-8-4-5-9-19(17)22(20)18-10-12-21(13-11-18)15-16-6-2-1-3-7-16;1-2-12-13-5-3-4-6-14(13)17(15(12)18)11-7-9-16-10-8-11;1-2-3;;/h2-11,18H,12-16H2,1H3;1-9,18H,10-15H2;3-6,11-12,16H,2,7-10H2,1H3;2H,1H3;1H4;1H/b19-2-;;;;;. The Labute approximate surface area is 418 Å². The van der Waals surface area contributed by atoms with Crippen molar-refractivity contribution < 1.29 is 20.6 Å². The van der Waals surface area contributed by atoms with E-state index in [4.69, 9.17) is 4.79 Å². The minimum absolute atomic E-state index is 0. The summed E-state index contributed by atoms with van der Waals surface area (Å²) in [5.74, 6) is 0.833. The lowest BCUT2D eigenvalue weighted by atomic mass is 9.98. The summed E-state index contributed by atoms with van der Waals surface area (Å²) in [5.41, 5.74) is 10.5. The van der Waals surface area contributed by atoms with Gasteiger partial charge in [-0.1, -0.05) is 136 Å². The fourth-order valence-corrected chi connectivity index (χ4v) is 11.2. The van der Waals surface area contributed by atoms with Gasteiger partial charge in [-0.25, -0.2) is 0 Å². The lowest BCUT2D eigenvalue weighted by molar-refractivity contribution is -0.120. The summed E-state index contributed by atoms with van der Waals surface area (Å²) in [4.78, 5) is 57.9. The van der Waals surface area contributed by atoms with Crippen molar-refractivity contribution >= 4 is 46.6 Å². The Morgan fingerprint density at radius 3 is 1.60 bits per heavy atom. The van der Waals surface area contributed by atoms with E-state index in [1.165, 1.54) is 29.2 Å². The Bertz CT molecular complexity index is 2530. The molecule has 6 aliphatic rings. The number of allylic oxidation sites excluding steroid dienone is 1. The van der Waals surface area contributed by atoms with Crippen LogP contribution in [0.25, 0.3) is 5.57 Å². The summed E-state index contributed by atoms with van der Waals surface area (Å²) < 4.78 is 0. The van der Waals surface area contributed by atoms with Crippen molar-refractivity contribution in [2.45, 2.75) is 117 Å². The second-order valence-electron chi connectivity index (χ2n) is 18.9. The molecule has 6 heterocycles. The van der Waals surface area contributed by atoms with E-state index in [1.807, 2.05) is 54.3 Å². The summed E-state index contributed by atoms with van der Waals surface area (Å²) in [7, 11) is 0. The lowest BCUT2D eigenvalue weighted by Crippen LogP contribution is -2.46. The summed E-state index contributed by atoms with van der Waals surface area (Å²) in [6.07, 6.45) is 10.5. The van der Waals surface area contributed by atoms with Crippen LogP contribution in [-0.2, 0) is 38.7 Å². The number of aldehydes is 1. The first-order valence-corrected chi connectivity index (χ1v) is 25.4. The number of benzene rings is 5. The predicted octanol–water partition coefficient (Wildman–Crippen LogP) is 10.7. The summed E-state index contributed by atoms with van der Waals surface area (Å²) >= 11 is 0. The highest BCUT2D eigenvalue weighted by molar-refractivity contribution is 6.32. The Hall–Kier alpha value is -6.20. The number of rotatable bonds is 8. The maximum Gasteiger partial charge on any atom is 0.258 e. The van der Waals surface area contributed by atoms with Gasteiger partial charge in [0.2, 0.25) is 11.8 Å². The first kappa shape index (κ1) is 51.6. The van der Waals surface area contributed by atoms with Crippen LogP contribution in [-0.4, -0.2) is 91.2 Å². The smallest absolute Gasteiger partial charge is 0.258 e. The van der Waals surface area contributed by atoms with Crippen LogP contribution in [0.1, 0.15) is 108 Å². The molecule has 1 N–H and O–H groups in total. The van der Waals surface area contributed by atoms with E-state index < -0.39 is 0 Å². The van der Waals surface area contributed by atoms with Gasteiger partial charge in [0.25, 0.3) is 5.91 Å². The molecular formula is C60H76N6O4. The second kappa shape index (κ2) is 25.1. The fourth-order valence-electron chi connectivity index (χ4n) is 11.2. The number of carbonyl (C=O) groups is 4. The van der Waals surface area contributed by atoms with Crippen molar-refractivity contribution in [3.8, 4) is 0 Å². The van der Waals surface area contributed by atoms with Crippen LogP contribution in [0.5, 0.6) is 0 Å². The van der Waals surface area contributed by atoms with Crippen molar-refractivity contribution in [1.29, 1.82) is 0 Å². The molecule has 10 nitrogen and oxygen atoms in total. The molecule has 10 heteroatoms. The molecule has 5 aromatic carbocycles. The molecule has 370 valence electrons. The van der Waals surface area contributed by atoms with Crippen LogP contribution in [0.3, 0.4) is 0 Å². The highest BCUT2D eigenvalue weighted by atomic mass is 16.2. The number of nitrogens with one attached hydrogen (secondary N) is 1. The molecule has 0 aromatic heterocycles. The Kier molecular flexibility index (Phi) is 18.5. The maximum atomic E-state index is 12.9. The maximum absolute atomic E-state index is 12.9. The Balaban J connectivity index is 0.000000169. The first-order valence-electron chi connectivity index (χ1n) is 25.4. The van der Waals surface area contributed by atoms with E-state index in [0.29, 0.717) is 30.5 Å². The number of piperidine rings is 3. The number of anilines is 3. The number of carbonyl (C=O) groups excluding carboxylic acids is 4. The average Bonchev–Trinajstić information content (AvgIpc) is 3.99. The van der Waals surface area contributed by atoms with Gasteiger partial charge in [0.15, 0.2) is 0 Å². The number of amides is 3. The third-order valence-corrected chi connectivity index (χ3v) is 14.6. The van der Waals surface area contributed by atoms with Gasteiger partial charge in [0, 0.05) is 81.3 Å². The average molecular weight is 945 g/mol. The molecule has 3 saturated heterocycles. The number of likely N-dealkylation sites (tertiary alicyclic amines) is 2. The summed E-state index contributed by atoms with van der Waals surface area (Å²) in [6, 6.07) is 47.0. The van der Waals surface area contributed by atoms with Gasteiger partial charge >= 0.3 is 0 Å². The van der Waals surface area contributed by atoms with E-state index in [9.17, 15) is 14.4 Å². The zero-order valence-electron chi connectivity index (χ0n) is 40.8. The molecule has 0 spiro atoms. The molecule has 0 radical (unpaired) electrons. The normalized spacial score (nSPS) is 20.0. The van der Waals surface area contributed by atoms with Crippen LogP contribution >= 0.6 is 0 Å². The summed E-state index contributed by atoms with van der Waals surface area (Å²) in [6.45, 7) is 13.8. The molecule has 1 atom stereocenters. The van der Waals surface area contributed by atoms with E-state index in [1.54, 1.807) is 0 Å². The second-order valence-corrected chi connectivity index (χ2v) is 18.9. The van der Waals surface area contributed by atoms with E-state index in [-0.39, 0.29) is 26.6 Å². The molecular weight excluding hydrogens is 869 g/mol. The number of hydrogen-bond acceptors (Lipinski definition) is 7. The van der Waals surface area contributed by atoms with Crippen molar-refractivity contribution in [2.75, 3.05) is 54.0 Å². The highest BCUT2D eigenvalue weighted by Gasteiger charge is 2.40. The molecule has 0 bridgehead atoms. The van der Waals surface area contributed by atoms with Crippen LogP contribution in [0.2, 0.25) is 0 Å². The first-order chi connectivity index (χ1) is 33.8. The van der Waals surface area contributed by atoms with Gasteiger partial charge in [-0.2, -0.15) is 0 Å². The van der Waals surface area contributed by atoms with Crippen molar-refractivity contribution in [3.63, 3.8) is 0 Å². The van der Waals surface area contributed by atoms with Crippen LogP contribution in [0, 0.1) is 0 Å². The quantitative estimate of drug-likeness (QED) is 0.122. The Morgan fingerprint density at radius 2 is 1.04 bits per heavy atom. The minimum Gasteiger partial charge on any atom is -0.317 e. The number of fused-ring (bicyclic) bond motifs is 3. The summed E-state index contributed by atoms with van der Waals surface area (Å²) in [5, 5.41) is 3.36. The van der Waals surface area contributed by atoms with Crippen molar-refractivity contribution in [2.24, 2.45) is 0 Å². The van der Waals surface area contributed by atoms with Gasteiger partial charge in [-0.3, -0.25) is 24.2 Å². The van der Waals surface area contributed by atoms with Crippen molar-refractivity contribution in [3.05, 3.63) is 167 Å². The van der Waals surface area contributed by atoms with E-state index in [0.717, 1.165) is 132 Å². The third kappa shape index (κ3) is 11.9. The fraction of sp³-hybridized carbons (Fsp3) is 0.400. The molecule has 6 aliphatic heterocycles. The van der Waals surface area contributed by atoms with Crippen molar-refractivity contribution in [1.82, 2.24) is 15.1 Å². The molecule has 5 aromatic rings. The lowest BCUT2D eigenvalue weighted by Gasteiger charge is -2.37.